The summed E-state index contributed by atoms with van der Waals surface area (Å²) in [5, 5.41) is 8.49. The van der Waals surface area contributed by atoms with Crippen LogP contribution in [-0.4, -0.2) is 72.4 Å². The molecular formula is C24H31N7O3. The van der Waals surface area contributed by atoms with Crippen molar-refractivity contribution in [2.24, 2.45) is 0 Å². The van der Waals surface area contributed by atoms with Gasteiger partial charge in [0, 0.05) is 43.0 Å². The molecule has 2 saturated heterocycles. The van der Waals surface area contributed by atoms with Crippen LogP contribution < -0.4 is 20.9 Å². The smallest absolute Gasteiger partial charge is 0.319 e. The third kappa shape index (κ3) is 4.25. The first-order valence-corrected chi connectivity index (χ1v) is 12.0. The highest BCUT2D eigenvalue weighted by Crippen LogP contribution is 2.38. The van der Waals surface area contributed by atoms with E-state index in [0.29, 0.717) is 44.4 Å². The van der Waals surface area contributed by atoms with Gasteiger partial charge in [-0.2, -0.15) is 0 Å². The van der Waals surface area contributed by atoms with Crippen molar-refractivity contribution in [3.8, 4) is 11.4 Å². The molecule has 3 aliphatic rings. The molecule has 1 aromatic carbocycles. The summed E-state index contributed by atoms with van der Waals surface area (Å²) in [6.45, 7) is 7.99. The van der Waals surface area contributed by atoms with E-state index in [4.69, 9.17) is 14.7 Å². The zero-order valence-electron chi connectivity index (χ0n) is 19.6. The molecule has 0 aliphatic carbocycles. The van der Waals surface area contributed by atoms with Gasteiger partial charge in [-0.1, -0.05) is 0 Å². The Morgan fingerprint density at radius 3 is 2.79 bits per heavy atom. The molecule has 4 heterocycles. The van der Waals surface area contributed by atoms with Crippen LogP contribution in [0.25, 0.3) is 11.4 Å². The van der Waals surface area contributed by atoms with Crippen molar-refractivity contribution in [2.45, 2.75) is 38.8 Å². The SMILES string of the molecule is CCNC(=O)Nc1ccc(-c2nc3c(c(N4CCOC[C@@H]4C)n2)CCN2C(=O)NCC[C@@H]32)cc1. The van der Waals surface area contributed by atoms with Gasteiger partial charge >= 0.3 is 12.1 Å². The number of amides is 4. The first-order valence-electron chi connectivity index (χ1n) is 12.0. The number of carbonyl (C=O) groups is 2. The predicted molar refractivity (Wildman–Crippen MR) is 129 cm³/mol. The lowest BCUT2D eigenvalue weighted by Gasteiger charge is -2.42. The van der Waals surface area contributed by atoms with E-state index in [0.717, 1.165) is 42.0 Å². The molecule has 0 saturated carbocycles. The largest absolute Gasteiger partial charge is 0.377 e. The fraction of sp³-hybridized carbons (Fsp3) is 0.500. The molecule has 2 fully saturated rings. The van der Waals surface area contributed by atoms with Gasteiger partial charge in [-0.25, -0.2) is 19.6 Å². The summed E-state index contributed by atoms with van der Waals surface area (Å²) in [4.78, 5) is 38.6. The van der Waals surface area contributed by atoms with E-state index in [-0.39, 0.29) is 24.1 Å². The number of carbonyl (C=O) groups excluding carboxylic acids is 2. The number of fused-ring (bicyclic) bond motifs is 3. The molecule has 3 aliphatic heterocycles. The lowest BCUT2D eigenvalue weighted by atomic mass is 9.93. The number of nitrogens with zero attached hydrogens (tertiary/aromatic N) is 4. The normalized spacial score (nSPS) is 21.9. The van der Waals surface area contributed by atoms with E-state index in [2.05, 4.69) is 27.8 Å². The van der Waals surface area contributed by atoms with Crippen LogP contribution in [0.5, 0.6) is 0 Å². The van der Waals surface area contributed by atoms with E-state index in [1.165, 1.54) is 0 Å². The van der Waals surface area contributed by atoms with Gasteiger partial charge in [0.1, 0.15) is 5.82 Å². The molecule has 180 valence electrons. The Bertz CT molecular complexity index is 1070. The topological polar surface area (TPSA) is 112 Å². The molecule has 3 N–H and O–H groups in total. The fourth-order valence-electron chi connectivity index (χ4n) is 4.94. The number of morpholine rings is 1. The lowest BCUT2D eigenvalue weighted by molar-refractivity contribution is 0.0982. The summed E-state index contributed by atoms with van der Waals surface area (Å²) >= 11 is 0. The first-order chi connectivity index (χ1) is 16.5. The van der Waals surface area contributed by atoms with Gasteiger partial charge in [-0.05, 0) is 51.0 Å². The number of hydrogen-bond acceptors (Lipinski definition) is 6. The van der Waals surface area contributed by atoms with Gasteiger partial charge < -0.3 is 30.5 Å². The molecule has 0 spiro atoms. The summed E-state index contributed by atoms with van der Waals surface area (Å²) in [7, 11) is 0. The molecule has 4 amide bonds. The summed E-state index contributed by atoms with van der Waals surface area (Å²) in [6.07, 6.45) is 1.55. The van der Waals surface area contributed by atoms with Crippen molar-refractivity contribution in [1.29, 1.82) is 0 Å². The summed E-state index contributed by atoms with van der Waals surface area (Å²) in [6, 6.07) is 7.44. The Balaban J connectivity index is 1.54. The molecule has 0 radical (unpaired) electrons. The molecule has 34 heavy (non-hydrogen) atoms. The standard InChI is InChI=1S/C24H31N7O3/c1-3-25-23(32)27-17-6-4-16(5-7-17)21-28-20-18(9-11-31-19(20)8-10-26-24(31)33)22(29-21)30-12-13-34-14-15(30)2/h4-7,15,19H,3,8-14H2,1-2H3,(H,26,33)(H2,25,27,32)/t15-,19-/m0/s1. The second-order valence-corrected chi connectivity index (χ2v) is 8.89. The van der Waals surface area contributed by atoms with Gasteiger partial charge in [0.15, 0.2) is 5.82 Å². The van der Waals surface area contributed by atoms with Crippen molar-refractivity contribution in [3.63, 3.8) is 0 Å². The van der Waals surface area contributed by atoms with Gasteiger partial charge in [0.25, 0.3) is 0 Å². The van der Waals surface area contributed by atoms with Crippen LogP contribution in [-0.2, 0) is 11.2 Å². The van der Waals surface area contributed by atoms with Crippen LogP contribution in [0.4, 0.5) is 21.1 Å². The van der Waals surface area contributed by atoms with E-state index in [9.17, 15) is 9.59 Å². The number of ether oxygens (including phenoxy) is 1. The van der Waals surface area contributed by atoms with Crippen LogP contribution in [0.1, 0.15) is 37.6 Å². The third-order valence-electron chi connectivity index (χ3n) is 6.64. The van der Waals surface area contributed by atoms with Gasteiger partial charge in [0.05, 0.1) is 31.0 Å². The Hall–Kier alpha value is -3.40. The maximum atomic E-state index is 12.5. The fourth-order valence-corrected chi connectivity index (χ4v) is 4.94. The predicted octanol–water partition coefficient (Wildman–Crippen LogP) is 2.52. The number of hydrogen-bond donors (Lipinski definition) is 3. The summed E-state index contributed by atoms with van der Waals surface area (Å²) in [5.41, 5.74) is 3.65. The maximum absolute atomic E-state index is 12.5. The molecule has 0 bridgehead atoms. The minimum atomic E-state index is -0.237. The van der Waals surface area contributed by atoms with Gasteiger partial charge in [0.2, 0.25) is 0 Å². The Morgan fingerprint density at radius 2 is 2.03 bits per heavy atom. The Kier molecular flexibility index (Phi) is 6.23. The Morgan fingerprint density at radius 1 is 1.21 bits per heavy atom. The van der Waals surface area contributed by atoms with Crippen molar-refractivity contribution in [1.82, 2.24) is 25.5 Å². The maximum Gasteiger partial charge on any atom is 0.319 e. The molecule has 5 rings (SSSR count). The molecule has 0 unspecified atom stereocenters. The number of aromatic nitrogens is 2. The zero-order chi connectivity index (χ0) is 23.7. The molecule has 10 heteroatoms. The highest BCUT2D eigenvalue weighted by molar-refractivity contribution is 5.89. The number of benzene rings is 1. The molecule has 2 aromatic rings. The van der Waals surface area contributed by atoms with Crippen molar-refractivity contribution < 1.29 is 14.3 Å². The molecular weight excluding hydrogens is 434 g/mol. The lowest BCUT2D eigenvalue weighted by Crippen LogP contribution is -2.52. The minimum absolute atomic E-state index is 0.0239. The third-order valence-corrected chi connectivity index (χ3v) is 6.64. The van der Waals surface area contributed by atoms with E-state index in [1.54, 1.807) is 0 Å². The second-order valence-electron chi connectivity index (χ2n) is 8.89. The van der Waals surface area contributed by atoms with E-state index >= 15 is 0 Å². The van der Waals surface area contributed by atoms with Gasteiger partial charge in [-0.15, -0.1) is 0 Å². The number of rotatable bonds is 4. The molecule has 2 atom stereocenters. The number of anilines is 2. The van der Waals surface area contributed by atoms with Crippen LogP contribution >= 0.6 is 0 Å². The van der Waals surface area contributed by atoms with Crippen molar-refractivity contribution >= 4 is 23.6 Å². The zero-order valence-corrected chi connectivity index (χ0v) is 19.6. The van der Waals surface area contributed by atoms with Crippen LogP contribution in [0.2, 0.25) is 0 Å². The van der Waals surface area contributed by atoms with Crippen LogP contribution in [0.3, 0.4) is 0 Å². The van der Waals surface area contributed by atoms with Crippen LogP contribution in [0, 0.1) is 0 Å². The number of nitrogens with one attached hydrogen (secondary N) is 3. The van der Waals surface area contributed by atoms with Crippen molar-refractivity contribution in [3.05, 3.63) is 35.5 Å². The number of urea groups is 2. The minimum Gasteiger partial charge on any atom is -0.377 e. The van der Waals surface area contributed by atoms with Crippen molar-refractivity contribution in [2.75, 3.05) is 49.6 Å². The average Bonchev–Trinajstić information content (AvgIpc) is 2.84. The monoisotopic (exact) mass is 465 g/mol. The average molecular weight is 466 g/mol. The summed E-state index contributed by atoms with van der Waals surface area (Å²) < 4.78 is 5.67. The van der Waals surface area contributed by atoms with E-state index < -0.39 is 0 Å². The first kappa shape index (κ1) is 22.4. The van der Waals surface area contributed by atoms with Gasteiger partial charge in [-0.3, -0.25) is 0 Å². The molecule has 10 nitrogen and oxygen atoms in total. The Labute approximate surface area is 199 Å². The van der Waals surface area contributed by atoms with Crippen LogP contribution in [0.15, 0.2) is 24.3 Å². The quantitative estimate of drug-likeness (QED) is 0.640. The van der Waals surface area contributed by atoms with E-state index in [1.807, 2.05) is 36.1 Å². The highest BCUT2D eigenvalue weighted by atomic mass is 16.5. The highest BCUT2D eigenvalue weighted by Gasteiger charge is 2.38. The molecule has 1 aromatic heterocycles. The second kappa shape index (κ2) is 9.46. The summed E-state index contributed by atoms with van der Waals surface area (Å²) in [5.74, 6) is 1.58.